The van der Waals surface area contributed by atoms with Gasteiger partial charge in [0.25, 0.3) is 0 Å². The molecule has 2 atom stereocenters. The maximum Gasteiger partial charge on any atom is 0.306 e. The molecule has 1 aromatic carbocycles. The van der Waals surface area contributed by atoms with Crippen LogP contribution in [-0.4, -0.2) is 32.7 Å². The Kier molecular flexibility index (Phi) is 6.69. The first-order valence-electron chi connectivity index (χ1n) is 9.06. The molecule has 0 saturated carbocycles. The summed E-state index contributed by atoms with van der Waals surface area (Å²) in [5.41, 5.74) is 1.29. The summed E-state index contributed by atoms with van der Waals surface area (Å²) in [5.74, 6) is 0.640. The number of nitrogens with zero attached hydrogens (tertiary/aromatic N) is 2. The zero-order chi connectivity index (χ0) is 20.3. The van der Waals surface area contributed by atoms with Gasteiger partial charge >= 0.3 is 4.87 Å². The molecule has 28 heavy (non-hydrogen) atoms. The lowest BCUT2D eigenvalue weighted by Crippen LogP contribution is -2.26. The minimum absolute atomic E-state index is 0.0365. The molecule has 3 aromatic rings. The smallest absolute Gasteiger partial charge is 0.306 e. The second-order valence-corrected chi connectivity index (χ2v) is 9.31. The number of benzene rings is 1. The first kappa shape index (κ1) is 20.8. The lowest BCUT2D eigenvalue weighted by atomic mass is 10.0. The molecule has 0 unspecified atom stereocenters. The monoisotopic (exact) mass is 422 g/mol. The average Bonchev–Trinajstić information content (AvgIpc) is 3.01. The van der Waals surface area contributed by atoms with Crippen LogP contribution in [0.3, 0.4) is 0 Å². The van der Waals surface area contributed by atoms with Gasteiger partial charge in [0.15, 0.2) is 16.6 Å². The van der Waals surface area contributed by atoms with Crippen LogP contribution in [0, 0.1) is 11.7 Å². The van der Waals surface area contributed by atoms with Gasteiger partial charge in [-0.05, 0) is 37.0 Å². The number of aromatic nitrogens is 3. The van der Waals surface area contributed by atoms with Crippen LogP contribution >= 0.6 is 23.1 Å². The van der Waals surface area contributed by atoms with E-state index in [0.29, 0.717) is 27.2 Å². The van der Waals surface area contributed by atoms with Crippen molar-refractivity contribution in [2.45, 2.75) is 43.6 Å². The highest BCUT2D eigenvalue weighted by molar-refractivity contribution is 7.99. The van der Waals surface area contributed by atoms with E-state index in [2.05, 4.69) is 34.1 Å². The van der Waals surface area contributed by atoms with Crippen LogP contribution < -0.4 is 10.2 Å². The van der Waals surface area contributed by atoms with Crippen molar-refractivity contribution in [3.05, 3.63) is 45.3 Å². The zero-order valence-corrected chi connectivity index (χ0v) is 17.5. The van der Waals surface area contributed by atoms with E-state index in [1.807, 2.05) is 13.0 Å². The molecule has 2 aromatic heterocycles. The van der Waals surface area contributed by atoms with Gasteiger partial charge < -0.3 is 10.4 Å². The standard InChI is InChI=1S/C19H23FN4O2S2/c1-10(2)7-14(9-25)21-16-15-17(24-19(26)28-15)23-18(22-16)27-11(3)12-5-4-6-13(20)8-12/h4-6,8,10-11,14,25H,7,9H2,1-3H3,(H2,21,22,23,24,26)/t11-,14+/m0/s1. The molecular formula is C19H23FN4O2S2. The Bertz CT molecular complexity index is 1010. The number of fused-ring (bicyclic) bond motifs is 1. The van der Waals surface area contributed by atoms with Crippen molar-refractivity contribution in [2.75, 3.05) is 11.9 Å². The molecule has 0 radical (unpaired) electrons. The minimum atomic E-state index is -0.287. The quantitative estimate of drug-likeness (QED) is 0.372. The molecule has 3 rings (SSSR count). The van der Waals surface area contributed by atoms with Gasteiger partial charge in [0.1, 0.15) is 10.5 Å². The topological polar surface area (TPSA) is 90.9 Å². The number of halogens is 1. The Balaban J connectivity index is 1.91. The van der Waals surface area contributed by atoms with Gasteiger partial charge in [-0.1, -0.05) is 49.1 Å². The Labute approximate surface area is 170 Å². The normalized spacial score (nSPS) is 13.8. The van der Waals surface area contributed by atoms with Crippen LogP contribution in [0.4, 0.5) is 10.2 Å². The lowest BCUT2D eigenvalue weighted by Gasteiger charge is -2.19. The van der Waals surface area contributed by atoms with E-state index in [0.717, 1.165) is 23.3 Å². The van der Waals surface area contributed by atoms with Gasteiger partial charge in [-0.25, -0.2) is 14.4 Å². The number of H-pyrrole nitrogens is 1. The molecule has 2 heterocycles. The second-order valence-electron chi connectivity index (χ2n) is 7.02. The third kappa shape index (κ3) is 5.09. The summed E-state index contributed by atoms with van der Waals surface area (Å²) in [7, 11) is 0. The fourth-order valence-electron chi connectivity index (χ4n) is 2.90. The van der Waals surface area contributed by atoms with Crippen LogP contribution in [0.15, 0.2) is 34.2 Å². The molecule has 9 heteroatoms. The minimum Gasteiger partial charge on any atom is -0.394 e. The molecule has 0 aliphatic rings. The van der Waals surface area contributed by atoms with Gasteiger partial charge in [-0.3, -0.25) is 9.78 Å². The third-order valence-electron chi connectivity index (χ3n) is 4.18. The van der Waals surface area contributed by atoms with Crippen LogP contribution in [0.1, 0.15) is 38.0 Å². The number of hydrogen-bond donors (Lipinski definition) is 3. The number of hydrogen-bond acceptors (Lipinski definition) is 7. The molecule has 0 amide bonds. The number of thioether (sulfide) groups is 1. The summed E-state index contributed by atoms with van der Waals surface area (Å²) >= 11 is 2.42. The van der Waals surface area contributed by atoms with Crippen LogP contribution in [0.5, 0.6) is 0 Å². The summed E-state index contributed by atoms with van der Waals surface area (Å²) in [4.78, 5) is 23.4. The molecule has 0 aliphatic carbocycles. The molecule has 0 bridgehead atoms. The molecule has 3 N–H and O–H groups in total. The molecule has 0 fully saturated rings. The van der Waals surface area contributed by atoms with E-state index >= 15 is 0 Å². The van der Waals surface area contributed by atoms with E-state index in [1.54, 1.807) is 6.07 Å². The number of thiazole rings is 1. The summed E-state index contributed by atoms with van der Waals surface area (Å²) in [5, 5.41) is 13.3. The van der Waals surface area contributed by atoms with E-state index in [9.17, 15) is 14.3 Å². The van der Waals surface area contributed by atoms with Crippen molar-refractivity contribution in [3.63, 3.8) is 0 Å². The average molecular weight is 423 g/mol. The van der Waals surface area contributed by atoms with E-state index in [4.69, 9.17) is 0 Å². The summed E-state index contributed by atoms with van der Waals surface area (Å²) < 4.78 is 14.1. The Hall–Kier alpha value is -1.97. The molecule has 6 nitrogen and oxygen atoms in total. The van der Waals surface area contributed by atoms with Crippen molar-refractivity contribution in [3.8, 4) is 0 Å². The molecular weight excluding hydrogens is 399 g/mol. The second kappa shape index (κ2) is 9.02. The van der Waals surface area contributed by atoms with Gasteiger partial charge in [-0.2, -0.15) is 0 Å². The summed E-state index contributed by atoms with van der Waals surface area (Å²) in [6.45, 7) is 6.07. The SMILES string of the molecule is CC(C)C[C@H](CO)Nc1nc(S[C@@H](C)c2cccc(F)c2)nc2[nH]c(=O)sc12. The fraction of sp³-hybridized carbons (Fsp3) is 0.421. The number of aromatic amines is 1. The van der Waals surface area contributed by atoms with E-state index in [1.165, 1.54) is 23.9 Å². The van der Waals surface area contributed by atoms with Crippen molar-refractivity contribution in [1.29, 1.82) is 0 Å². The van der Waals surface area contributed by atoms with Gasteiger partial charge in [0.05, 0.1) is 12.6 Å². The third-order valence-corrected chi connectivity index (χ3v) is 6.08. The Morgan fingerprint density at radius 2 is 2.11 bits per heavy atom. The van der Waals surface area contributed by atoms with Gasteiger partial charge in [0.2, 0.25) is 0 Å². The fourth-order valence-corrected chi connectivity index (χ4v) is 4.52. The highest BCUT2D eigenvalue weighted by Gasteiger charge is 2.18. The van der Waals surface area contributed by atoms with E-state index < -0.39 is 0 Å². The number of nitrogens with one attached hydrogen (secondary N) is 2. The molecule has 0 spiro atoms. The zero-order valence-electron chi connectivity index (χ0n) is 15.9. The van der Waals surface area contributed by atoms with Crippen molar-refractivity contribution in [2.24, 2.45) is 5.92 Å². The van der Waals surface area contributed by atoms with Crippen molar-refractivity contribution in [1.82, 2.24) is 15.0 Å². The number of aliphatic hydroxyl groups is 1. The Morgan fingerprint density at radius 1 is 1.32 bits per heavy atom. The van der Waals surface area contributed by atoms with Crippen molar-refractivity contribution < 1.29 is 9.50 Å². The van der Waals surface area contributed by atoms with Gasteiger partial charge in [-0.15, -0.1) is 0 Å². The van der Waals surface area contributed by atoms with Crippen LogP contribution in [-0.2, 0) is 0 Å². The lowest BCUT2D eigenvalue weighted by molar-refractivity contribution is 0.259. The molecule has 0 saturated heterocycles. The largest absolute Gasteiger partial charge is 0.394 e. The first-order chi connectivity index (χ1) is 13.4. The summed E-state index contributed by atoms with van der Waals surface area (Å²) in [6.07, 6.45) is 0.767. The maximum absolute atomic E-state index is 13.5. The van der Waals surface area contributed by atoms with Crippen LogP contribution in [0.2, 0.25) is 0 Å². The van der Waals surface area contributed by atoms with Gasteiger partial charge in [0, 0.05) is 5.25 Å². The molecule has 0 aliphatic heterocycles. The van der Waals surface area contributed by atoms with E-state index in [-0.39, 0.29) is 28.6 Å². The number of rotatable bonds is 8. The molecule has 150 valence electrons. The number of anilines is 1. The maximum atomic E-state index is 13.5. The first-order valence-corrected chi connectivity index (χ1v) is 10.8. The predicted octanol–water partition coefficient (Wildman–Crippen LogP) is 4.19. The highest BCUT2D eigenvalue weighted by atomic mass is 32.2. The van der Waals surface area contributed by atoms with Crippen LogP contribution in [0.25, 0.3) is 10.3 Å². The predicted molar refractivity (Wildman–Crippen MR) is 113 cm³/mol. The number of aliphatic hydroxyl groups excluding tert-OH is 1. The summed E-state index contributed by atoms with van der Waals surface area (Å²) in [6, 6.07) is 6.26. The van der Waals surface area contributed by atoms with Crippen molar-refractivity contribution >= 4 is 39.3 Å². The highest BCUT2D eigenvalue weighted by Crippen LogP contribution is 2.35. The Morgan fingerprint density at radius 3 is 2.79 bits per heavy atom.